The molecule has 0 aliphatic heterocycles. The monoisotopic (exact) mass is 236 g/mol. The molecular weight excluding hydrogens is 219 g/mol. The van der Waals surface area contributed by atoms with E-state index in [0.717, 1.165) is 25.1 Å². The fourth-order valence-corrected chi connectivity index (χ4v) is 1.26. The molecule has 0 unspecified atom stereocenters. The standard InChI is InChI=1S/C10H16N2.2ClH/c1-8-9(2)12-7-5-10(8)4-3-6-11;;/h5,7H,3-4,6,11H2,1-2H3;2*1H. The Balaban J connectivity index is 0. The quantitative estimate of drug-likeness (QED) is 0.876. The van der Waals surface area contributed by atoms with Gasteiger partial charge in [0.1, 0.15) is 0 Å². The Morgan fingerprint density at radius 3 is 2.50 bits per heavy atom. The summed E-state index contributed by atoms with van der Waals surface area (Å²) >= 11 is 0. The van der Waals surface area contributed by atoms with Crippen LogP contribution in [0.4, 0.5) is 0 Å². The highest BCUT2D eigenvalue weighted by Crippen LogP contribution is 2.11. The van der Waals surface area contributed by atoms with E-state index in [-0.39, 0.29) is 24.8 Å². The summed E-state index contributed by atoms with van der Waals surface area (Å²) in [5.74, 6) is 0. The van der Waals surface area contributed by atoms with E-state index in [4.69, 9.17) is 5.73 Å². The molecule has 1 rings (SSSR count). The molecule has 1 heterocycles. The minimum absolute atomic E-state index is 0. The third-order valence-corrected chi connectivity index (χ3v) is 2.22. The lowest BCUT2D eigenvalue weighted by Crippen LogP contribution is -2.02. The van der Waals surface area contributed by atoms with Gasteiger partial charge in [0.25, 0.3) is 0 Å². The van der Waals surface area contributed by atoms with Gasteiger partial charge in [-0.25, -0.2) is 0 Å². The molecule has 1 aromatic heterocycles. The third-order valence-electron chi connectivity index (χ3n) is 2.22. The van der Waals surface area contributed by atoms with E-state index in [2.05, 4.69) is 18.0 Å². The Morgan fingerprint density at radius 1 is 1.29 bits per heavy atom. The summed E-state index contributed by atoms with van der Waals surface area (Å²) < 4.78 is 0. The highest BCUT2D eigenvalue weighted by molar-refractivity contribution is 5.85. The van der Waals surface area contributed by atoms with Gasteiger partial charge in [-0.05, 0) is 50.4 Å². The predicted octanol–water partition coefficient (Wildman–Crippen LogP) is 2.43. The lowest BCUT2D eigenvalue weighted by molar-refractivity contribution is 0.823. The zero-order valence-corrected chi connectivity index (χ0v) is 10.3. The van der Waals surface area contributed by atoms with Crippen molar-refractivity contribution in [1.82, 2.24) is 4.98 Å². The van der Waals surface area contributed by atoms with Gasteiger partial charge in [0, 0.05) is 11.9 Å². The first kappa shape index (κ1) is 16.1. The lowest BCUT2D eigenvalue weighted by Gasteiger charge is -2.06. The molecule has 1 aromatic rings. The molecule has 0 radical (unpaired) electrons. The van der Waals surface area contributed by atoms with E-state index in [1.54, 1.807) is 0 Å². The molecule has 0 amide bonds. The van der Waals surface area contributed by atoms with Crippen LogP contribution in [0.15, 0.2) is 12.3 Å². The van der Waals surface area contributed by atoms with Crippen molar-refractivity contribution in [1.29, 1.82) is 0 Å². The number of aryl methyl sites for hydroxylation is 2. The maximum atomic E-state index is 5.45. The molecule has 14 heavy (non-hydrogen) atoms. The third kappa shape index (κ3) is 4.27. The molecule has 0 fully saturated rings. The van der Waals surface area contributed by atoms with E-state index in [9.17, 15) is 0 Å². The molecule has 0 aliphatic rings. The maximum absolute atomic E-state index is 5.45. The van der Waals surface area contributed by atoms with Crippen LogP contribution >= 0.6 is 24.8 Å². The van der Waals surface area contributed by atoms with Crippen molar-refractivity contribution in [2.45, 2.75) is 26.7 Å². The Hall–Kier alpha value is -0.310. The smallest absolute Gasteiger partial charge is 0.0404 e. The summed E-state index contributed by atoms with van der Waals surface area (Å²) in [6, 6.07) is 2.08. The SMILES string of the molecule is Cc1nccc(CCCN)c1C.Cl.Cl. The van der Waals surface area contributed by atoms with Crippen LogP contribution in [0.2, 0.25) is 0 Å². The van der Waals surface area contributed by atoms with Gasteiger partial charge in [0.05, 0.1) is 0 Å². The second kappa shape index (κ2) is 8.04. The number of halogens is 2. The van der Waals surface area contributed by atoms with Crippen LogP contribution in [0, 0.1) is 13.8 Å². The molecule has 0 aromatic carbocycles. The molecule has 82 valence electrons. The Bertz CT molecular complexity index is 264. The van der Waals surface area contributed by atoms with Gasteiger partial charge in [0.2, 0.25) is 0 Å². The van der Waals surface area contributed by atoms with Crippen molar-refractivity contribution in [2.24, 2.45) is 5.73 Å². The molecule has 0 spiro atoms. The average Bonchev–Trinajstić information content (AvgIpc) is 2.08. The predicted molar refractivity (Wildman–Crippen MR) is 65.6 cm³/mol. The summed E-state index contributed by atoms with van der Waals surface area (Å²) in [6.07, 6.45) is 4.00. The highest BCUT2D eigenvalue weighted by atomic mass is 35.5. The van der Waals surface area contributed by atoms with E-state index < -0.39 is 0 Å². The lowest BCUT2D eigenvalue weighted by atomic mass is 10.0. The van der Waals surface area contributed by atoms with Gasteiger partial charge >= 0.3 is 0 Å². The molecule has 0 atom stereocenters. The first-order valence-electron chi connectivity index (χ1n) is 4.37. The minimum atomic E-state index is 0. The molecular formula is C10H18Cl2N2. The number of hydrogen-bond donors (Lipinski definition) is 1. The van der Waals surface area contributed by atoms with Gasteiger partial charge in [-0.2, -0.15) is 0 Å². The van der Waals surface area contributed by atoms with Crippen LogP contribution < -0.4 is 5.73 Å². The number of nitrogens with zero attached hydrogens (tertiary/aromatic N) is 1. The molecule has 0 aliphatic carbocycles. The maximum Gasteiger partial charge on any atom is 0.0404 e. The van der Waals surface area contributed by atoms with E-state index in [1.807, 2.05) is 13.1 Å². The zero-order chi connectivity index (χ0) is 8.97. The first-order valence-corrected chi connectivity index (χ1v) is 4.37. The Labute approximate surface area is 98.1 Å². The van der Waals surface area contributed by atoms with E-state index >= 15 is 0 Å². The Kier molecular flexibility index (Phi) is 9.26. The molecule has 0 bridgehead atoms. The van der Waals surface area contributed by atoms with Crippen molar-refractivity contribution in [3.63, 3.8) is 0 Å². The number of pyridine rings is 1. The van der Waals surface area contributed by atoms with Gasteiger partial charge in [-0.3, -0.25) is 4.98 Å². The van der Waals surface area contributed by atoms with Gasteiger partial charge in [0.15, 0.2) is 0 Å². The van der Waals surface area contributed by atoms with Crippen molar-refractivity contribution < 1.29 is 0 Å². The number of aromatic nitrogens is 1. The number of nitrogens with two attached hydrogens (primary N) is 1. The minimum Gasteiger partial charge on any atom is -0.330 e. The summed E-state index contributed by atoms with van der Waals surface area (Å²) in [4.78, 5) is 4.22. The largest absolute Gasteiger partial charge is 0.330 e. The van der Waals surface area contributed by atoms with Crippen LogP contribution in [-0.2, 0) is 6.42 Å². The van der Waals surface area contributed by atoms with Gasteiger partial charge in [-0.1, -0.05) is 0 Å². The van der Waals surface area contributed by atoms with Crippen molar-refractivity contribution in [2.75, 3.05) is 6.54 Å². The highest BCUT2D eigenvalue weighted by Gasteiger charge is 1.99. The van der Waals surface area contributed by atoms with Crippen LogP contribution in [0.1, 0.15) is 23.2 Å². The number of hydrogen-bond acceptors (Lipinski definition) is 2. The summed E-state index contributed by atoms with van der Waals surface area (Å²) in [5.41, 5.74) is 9.27. The number of rotatable bonds is 3. The molecule has 0 saturated carbocycles. The van der Waals surface area contributed by atoms with Crippen LogP contribution in [0.25, 0.3) is 0 Å². The van der Waals surface area contributed by atoms with Gasteiger partial charge < -0.3 is 5.73 Å². The van der Waals surface area contributed by atoms with Crippen molar-refractivity contribution in [3.05, 3.63) is 29.1 Å². The van der Waals surface area contributed by atoms with Crippen LogP contribution in [0.5, 0.6) is 0 Å². The molecule has 2 N–H and O–H groups in total. The van der Waals surface area contributed by atoms with Crippen LogP contribution in [-0.4, -0.2) is 11.5 Å². The molecule has 0 saturated heterocycles. The topological polar surface area (TPSA) is 38.9 Å². The van der Waals surface area contributed by atoms with E-state index in [1.165, 1.54) is 11.1 Å². The second-order valence-electron chi connectivity index (χ2n) is 3.07. The summed E-state index contributed by atoms with van der Waals surface area (Å²) in [7, 11) is 0. The fraction of sp³-hybridized carbons (Fsp3) is 0.500. The molecule has 2 nitrogen and oxygen atoms in total. The first-order chi connectivity index (χ1) is 5.75. The summed E-state index contributed by atoms with van der Waals surface area (Å²) in [6.45, 7) is 4.93. The zero-order valence-electron chi connectivity index (χ0n) is 8.62. The average molecular weight is 237 g/mol. The van der Waals surface area contributed by atoms with Crippen molar-refractivity contribution in [3.8, 4) is 0 Å². The summed E-state index contributed by atoms with van der Waals surface area (Å²) in [5, 5.41) is 0. The second-order valence-corrected chi connectivity index (χ2v) is 3.07. The van der Waals surface area contributed by atoms with Gasteiger partial charge in [-0.15, -0.1) is 24.8 Å². The molecule has 4 heteroatoms. The van der Waals surface area contributed by atoms with E-state index in [0.29, 0.717) is 0 Å². The van der Waals surface area contributed by atoms with Crippen molar-refractivity contribution >= 4 is 24.8 Å². The Morgan fingerprint density at radius 2 is 1.93 bits per heavy atom. The fourth-order valence-electron chi connectivity index (χ4n) is 1.26. The normalized spacial score (nSPS) is 8.79. The van der Waals surface area contributed by atoms with Crippen LogP contribution in [0.3, 0.4) is 0 Å².